The highest BCUT2D eigenvalue weighted by atomic mass is 32.2. The van der Waals surface area contributed by atoms with E-state index in [1.807, 2.05) is 0 Å². The standard InChI is InChI=1S/C22H17FN4O3S/c1-12(28)13-2-5-15(6-3-13)24-18(29)11-27-17-7-4-14(23)10-16(17)19-20(27)21(30)26-8-9-31-22(26)25-19/h2-7,10H,8-9,11H2,1H3,(H,24,29). The number of anilines is 1. The monoisotopic (exact) mass is 436 g/mol. The number of thioether (sulfide) groups is 1. The van der Waals surface area contributed by atoms with Crippen molar-refractivity contribution in [1.82, 2.24) is 14.1 Å². The molecule has 0 saturated heterocycles. The zero-order valence-corrected chi connectivity index (χ0v) is 17.3. The number of nitrogens with one attached hydrogen (secondary N) is 1. The highest BCUT2D eigenvalue weighted by Gasteiger charge is 2.23. The maximum atomic E-state index is 14.0. The third kappa shape index (κ3) is 3.31. The third-order valence-corrected chi connectivity index (χ3v) is 6.26. The fraction of sp³-hybridized carbons (Fsp3) is 0.182. The molecule has 1 aliphatic heterocycles. The van der Waals surface area contributed by atoms with Crippen molar-refractivity contribution in [2.24, 2.45) is 0 Å². The molecule has 156 valence electrons. The van der Waals surface area contributed by atoms with Crippen molar-refractivity contribution in [2.45, 2.75) is 25.2 Å². The summed E-state index contributed by atoms with van der Waals surface area (Å²) < 4.78 is 17.1. The fourth-order valence-electron chi connectivity index (χ4n) is 3.84. The van der Waals surface area contributed by atoms with E-state index >= 15 is 0 Å². The van der Waals surface area contributed by atoms with Gasteiger partial charge in [-0.3, -0.25) is 19.0 Å². The Bertz CT molecular complexity index is 1440. The lowest BCUT2D eigenvalue weighted by atomic mass is 10.1. The minimum atomic E-state index is -0.434. The molecular weight excluding hydrogens is 419 g/mol. The van der Waals surface area contributed by atoms with Crippen molar-refractivity contribution in [1.29, 1.82) is 0 Å². The summed E-state index contributed by atoms with van der Waals surface area (Å²) in [6.07, 6.45) is 0. The number of halogens is 1. The minimum Gasteiger partial charge on any atom is -0.325 e. The Morgan fingerprint density at radius 3 is 2.71 bits per heavy atom. The highest BCUT2D eigenvalue weighted by molar-refractivity contribution is 7.99. The van der Waals surface area contributed by atoms with E-state index in [1.54, 1.807) is 39.5 Å². The predicted molar refractivity (Wildman–Crippen MR) is 117 cm³/mol. The molecule has 3 heterocycles. The van der Waals surface area contributed by atoms with Crippen LogP contribution in [0.3, 0.4) is 0 Å². The average molecular weight is 436 g/mol. The summed E-state index contributed by atoms with van der Waals surface area (Å²) >= 11 is 1.48. The Balaban J connectivity index is 1.57. The number of amides is 1. The Morgan fingerprint density at radius 2 is 1.97 bits per heavy atom. The van der Waals surface area contributed by atoms with Crippen molar-refractivity contribution in [3.05, 3.63) is 64.2 Å². The number of carbonyl (C=O) groups is 2. The molecule has 7 nitrogen and oxygen atoms in total. The van der Waals surface area contributed by atoms with Crippen molar-refractivity contribution in [3.63, 3.8) is 0 Å². The first-order valence-electron chi connectivity index (χ1n) is 9.68. The van der Waals surface area contributed by atoms with Gasteiger partial charge in [0.2, 0.25) is 5.91 Å². The number of nitrogens with zero attached hydrogens (tertiary/aromatic N) is 3. The van der Waals surface area contributed by atoms with Crippen LogP contribution in [0, 0.1) is 5.82 Å². The van der Waals surface area contributed by atoms with Gasteiger partial charge in [-0.05, 0) is 49.4 Å². The van der Waals surface area contributed by atoms with Gasteiger partial charge in [0, 0.05) is 28.9 Å². The topological polar surface area (TPSA) is 86.0 Å². The van der Waals surface area contributed by atoms with Crippen LogP contribution in [-0.2, 0) is 17.9 Å². The van der Waals surface area contributed by atoms with E-state index in [0.717, 1.165) is 5.75 Å². The molecule has 0 bridgehead atoms. The van der Waals surface area contributed by atoms with Crippen molar-refractivity contribution >= 4 is 51.1 Å². The van der Waals surface area contributed by atoms with Crippen LogP contribution in [0.1, 0.15) is 17.3 Å². The lowest BCUT2D eigenvalue weighted by molar-refractivity contribution is -0.116. The molecule has 0 unspecified atom stereocenters. The molecule has 1 N–H and O–H groups in total. The first kappa shape index (κ1) is 19.5. The van der Waals surface area contributed by atoms with Gasteiger partial charge in [-0.15, -0.1) is 0 Å². The number of rotatable bonds is 4. The van der Waals surface area contributed by atoms with E-state index in [9.17, 15) is 18.8 Å². The highest BCUT2D eigenvalue weighted by Crippen LogP contribution is 2.30. The average Bonchev–Trinajstić information content (AvgIpc) is 3.32. The maximum Gasteiger partial charge on any atom is 0.278 e. The summed E-state index contributed by atoms with van der Waals surface area (Å²) in [6.45, 7) is 1.89. The second-order valence-electron chi connectivity index (χ2n) is 7.33. The van der Waals surface area contributed by atoms with E-state index in [2.05, 4.69) is 10.3 Å². The lowest BCUT2D eigenvalue weighted by Crippen LogP contribution is -2.25. The van der Waals surface area contributed by atoms with Crippen LogP contribution in [0.4, 0.5) is 10.1 Å². The van der Waals surface area contributed by atoms with Gasteiger partial charge in [0.25, 0.3) is 5.56 Å². The zero-order valence-electron chi connectivity index (χ0n) is 16.5. The van der Waals surface area contributed by atoms with Crippen molar-refractivity contribution in [2.75, 3.05) is 11.1 Å². The quantitative estimate of drug-likeness (QED) is 0.391. The summed E-state index contributed by atoms with van der Waals surface area (Å²) in [5, 5.41) is 3.89. The van der Waals surface area contributed by atoms with E-state index in [4.69, 9.17) is 0 Å². The molecule has 0 fully saturated rings. The van der Waals surface area contributed by atoms with Crippen LogP contribution in [0.5, 0.6) is 0 Å². The number of Topliss-reactive ketones (excluding diaryl/α,β-unsaturated/α-hetero) is 1. The third-order valence-electron chi connectivity index (χ3n) is 5.31. The molecule has 2 aromatic carbocycles. The van der Waals surface area contributed by atoms with Gasteiger partial charge < -0.3 is 9.88 Å². The Labute approximate surface area is 179 Å². The summed E-state index contributed by atoms with van der Waals surface area (Å²) in [5.74, 6) is -0.0959. The van der Waals surface area contributed by atoms with Gasteiger partial charge in [0.15, 0.2) is 10.9 Å². The van der Waals surface area contributed by atoms with E-state index < -0.39 is 5.82 Å². The van der Waals surface area contributed by atoms with Crippen LogP contribution in [0.15, 0.2) is 52.4 Å². The predicted octanol–water partition coefficient (Wildman–Crippen LogP) is 3.44. The molecule has 2 aromatic heterocycles. The van der Waals surface area contributed by atoms with Crippen LogP contribution < -0.4 is 10.9 Å². The van der Waals surface area contributed by atoms with Crippen LogP contribution >= 0.6 is 11.8 Å². The fourth-order valence-corrected chi connectivity index (χ4v) is 4.78. The molecule has 4 aromatic rings. The first-order valence-corrected chi connectivity index (χ1v) is 10.7. The summed E-state index contributed by atoms with van der Waals surface area (Å²) in [4.78, 5) is 42.0. The van der Waals surface area contributed by atoms with Crippen molar-refractivity contribution in [3.8, 4) is 0 Å². The first-order chi connectivity index (χ1) is 14.9. The molecule has 5 rings (SSSR count). The summed E-state index contributed by atoms with van der Waals surface area (Å²) in [5.41, 5.74) is 2.10. The number of hydrogen-bond acceptors (Lipinski definition) is 5. The summed E-state index contributed by atoms with van der Waals surface area (Å²) in [7, 11) is 0. The van der Waals surface area contributed by atoms with Crippen molar-refractivity contribution < 1.29 is 14.0 Å². The number of benzene rings is 2. The molecular formula is C22H17FN4O3S. The zero-order chi connectivity index (χ0) is 21.7. The van der Waals surface area contributed by atoms with Gasteiger partial charge in [0.1, 0.15) is 23.4 Å². The molecule has 1 amide bonds. The number of ketones is 1. The Morgan fingerprint density at radius 1 is 1.19 bits per heavy atom. The summed E-state index contributed by atoms with van der Waals surface area (Å²) in [6, 6.07) is 10.8. The number of carbonyl (C=O) groups excluding carboxylic acids is 2. The number of fused-ring (bicyclic) bond motifs is 4. The molecule has 0 saturated carbocycles. The van der Waals surface area contributed by atoms with Gasteiger partial charge in [-0.25, -0.2) is 9.37 Å². The number of aromatic nitrogens is 3. The molecule has 0 spiro atoms. The van der Waals surface area contributed by atoms with E-state index in [-0.39, 0.29) is 29.3 Å². The van der Waals surface area contributed by atoms with Crippen LogP contribution in [-0.4, -0.2) is 31.6 Å². The largest absolute Gasteiger partial charge is 0.325 e. The van der Waals surface area contributed by atoms with Crippen LogP contribution in [0.25, 0.3) is 21.9 Å². The van der Waals surface area contributed by atoms with E-state index in [0.29, 0.717) is 39.4 Å². The maximum absolute atomic E-state index is 14.0. The van der Waals surface area contributed by atoms with Gasteiger partial charge in [-0.2, -0.15) is 0 Å². The van der Waals surface area contributed by atoms with Gasteiger partial charge in [0.05, 0.1) is 5.52 Å². The molecule has 1 aliphatic rings. The second-order valence-corrected chi connectivity index (χ2v) is 8.39. The smallest absolute Gasteiger partial charge is 0.278 e. The van der Waals surface area contributed by atoms with E-state index in [1.165, 1.54) is 30.8 Å². The molecule has 0 radical (unpaired) electrons. The molecule has 31 heavy (non-hydrogen) atoms. The normalized spacial score (nSPS) is 13.0. The molecule has 0 aliphatic carbocycles. The number of hydrogen-bond donors (Lipinski definition) is 1. The Hall–Kier alpha value is -3.46. The lowest BCUT2D eigenvalue weighted by Gasteiger charge is -2.09. The molecule has 9 heteroatoms. The van der Waals surface area contributed by atoms with Gasteiger partial charge >= 0.3 is 0 Å². The minimum absolute atomic E-state index is 0.0611. The van der Waals surface area contributed by atoms with Gasteiger partial charge in [-0.1, -0.05) is 11.8 Å². The SMILES string of the molecule is CC(=O)c1ccc(NC(=O)Cn2c3ccc(F)cc3c3nc4n(c(=O)c32)CCS4)cc1. The Kier molecular flexibility index (Phi) is 4.62. The van der Waals surface area contributed by atoms with Crippen LogP contribution in [0.2, 0.25) is 0 Å². The molecule has 0 atom stereocenters. The second kappa shape index (κ2) is 7.35.